The van der Waals surface area contributed by atoms with Crippen molar-refractivity contribution in [2.75, 3.05) is 32.7 Å². The van der Waals surface area contributed by atoms with Gasteiger partial charge in [-0.25, -0.2) is 8.42 Å². The Balaban J connectivity index is 0.00000272. The van der Waals surface area contributed by atoms with Crippen molar-refractivity contribution in [2.24, 2.45) is 0 Å². The molecule has 31 heavy (non-hydrogen) atoms. The maximum atomic E-state index is 13.2. The lowest BCUT2D eigenvalue weighted by Gasteiger charge is -2.37. The van der Waals surface area contributed by atoms with Gasteiger partial charge in [-0.2, -0.15) is 4.31 Å². The van der Waals surface area contributed by atoms with Crippen LogP contribution < -0.4 is 0 Å². The third-order valence-corrected chi connectivity index (χ3v) is 8.02. The molecule has 2 saturated heterocycles. The summed E-state index contributed by atoms with van der Waals surface area (Å²) in [6.45, 7) is 4.06. The number of carbonyl (C=O) groups is 1. The molecule has 6 nitrogen and oxygen atoms in total. The topological polar surface area (TPSA) is 60.9 Å². The van der Waals surface area contributed by atoms with Gasteiger partial charge in [-0.1, -0.05) is 41.9 Å². The van der Waals surface area contributed by atoms with Gasteiger partial charge in [-0.05, 0) is 42.7 Å². The summed E-state index contributed by atoms with van der Waals surface area (Å²) < 4.78 is 27.6. The summed E-state index contributed by atoms with van der Waals surface area (Å²) in [4.78, 5) is 17.5. The second-order valence-corrected chi connectivity index (χ2v) is 10.1. The quantitative estimate of drug-likeness (QED) is 0.654. The Morgan fingerprint density at radius 3 is 2.23 bits per heavy atom. The Morgan fingerprint density at radius 1 is 0.935 bits per heavy atom. The van der Waals surface area contributed by atoms with Gasteiger partial charge in [0.15, 0.2) is 0 Å². The highest BCUT2D eigenvalue weighted by atomic mass is 35.5. The summed E-state index contributed by atoms with van der Waals surface area (Å²) in [6, 6.07) is 15.8. The van der Waals surface area contributed by atoms with E-state index in [4.69, 9.17) is 11.6 Å². The second-order valence-electron chi connectivity index (χ2n) is 7.81. The van der Waals surface area contributed by atoms with E-state index in [0.29, 0.717) is 37.5 Å². The largest absolute Gasteiger partial charge is 0.339 e. The molecule has 1 amide bonds. The number of benzene rings is 2. The van der Waals surface area contributed by atoms with E-state index in [1.165, 1.54) is 22.0 Å². The van der Waals surface area contributed by atoms with Crippen LogP contribution in [0, 0.1) is 0 Å². The number of hydrogen-bond acceptors (Lipinski definition) is 4. The van der Waals surface area contributed by atoms with E-state index in [2.05, 4.69) is 17.0 Å². The van der Waals surface area contributed by atoms with Crippen LogP contribution in [-0.4, -0.2) is 67.2 Å². The van der Waals surface area contributed by atoms with Crippen LogP contribution in [0.2, 0.25) is 5.02 Å². The van der Waals surface area contributed by atoms with Crippen molar-refractivity contribution in [1.82, 2.24) is 14.1 Å². The molecule has 1 unspecified atom stereocenters. The van der Waals surface area contributed by atoms with E-state index in [1.54, 1.807) is 12.1 Å². The monoisotopic (exact) mass is 483 g/mol. The molecule has 9 heteroatoms. The van der Waals surface area contributed by atoms with E-state index in [9.17, 15) is 13.2 Å². The number of hydrogen-bond donors (Lipinski definition) is 0. The van der Waals surface area contributed by atoms with Gasteiger partial charge < -0.3 is 4.90 Å². The van der Waals surface area contributed by atoms with E-state index >= 15 is 0 Å². The fourth-order valence-corrected chi connectivity index (χ4v) is 5.97. The Bertz CT molecular complexity index is 979. The first kappa shape index (κ1) is 24.0. The molecule has 0 N–H and O–H groups in total. The van der Waals surface area contributed by atoms with Crippen LogP contribution in [0.15, 0.2) is 59.5 Å². The molecule has 2 aliphatic rings. The lowest BCUT2D eigenvalue weighted by Crippen LogP contribution is -2.54. The van der Waals surface area contributed by atoms with Crippen LogP contribution in [0.4, 0.5) is 0 Å². The van der Waals surface area contributed by atoms with Crippen molar-refractivity contribution in [3.63, 3.8) is 0 Å². The maximum Gasteiger partial charge on any atom is 0.243 e. The van der Waals surface area contributed by atoms with Crippen molar-refractivity contribution >= 4 is 39.9 Å². The minimum Gasteiger partial charge on any atom is -0.339 e. The van der Waals surface area contributed by atoms with Crippen LogP contribution in [0.25, 0.3) is 0 Å². The van der Waals surface area contributed by atoms with Crippen molar-refractivity contribution < 1.29 is 13.2 Å². The zero-order valence-electron chi connectivity index (χ0n) is 17.2. The molecule has 1 atom stereocenters. The normalized spacial score (nSPS) is 20.4. The van der Waals surface area contributed by atoms with Crippen molar-refractivity contribution in [2.45, 2.75) is 30.3 Å². The molecule has 0 aromatic heterocycles. The average Bonchev–Trinajstić information content (AvgIpc) is 3.26. The van der Waals surface area contributed by atoms with Gasteiger partial charge in [0.25, 0.3) is 0 Å². The average molecular weight is 484 g/mol. The third kappa shape index (κ3) is 5.41. The minimum atomic E-state index is -3.72. The molecule has 2 aromatic rings. The number of piperazine rings is 1. The number of rotatable bonds is 5. The molecular formula is C22H27Cl2N3O3S. The van der Waals surface area contributed by atoms with Crippen LogP contribution in [0.3, 0.4) is 0 Å². The number of sulfonamides is 1. The third-order valence-electron chi connectivity index (χ3n) is 5.84. The predicted octanol–water partition coefficient (Wildman–Crippen LogP) is 3.26. The summed E-state index contributed by atoms with van der Waals surface area (Å²) >= 11 is 5.89. The van der Waals surface area contributed by atoms with Crippen LogP contribution in [-0.2, 0) is 21.4 Å². The Kier molecular flexibility index (Phi) is 7.99. The number of amides is 1. The minimum absolute atomic E-state index is 0. The lowest BCUT2D eigenvalue weighted by atomic mass is 10.1. The Hall–Kier alpha value is -1.64. The summed E-state index contributed by atoms with van der Waals surface area (Å²) in [5.41, 5.74) is 1.26. The molecule has 2 heterocycles. The Morgan fingerprint density at radius 2 is 1.58 bits per heavy atom. The highest BCUT2D eigenvalue weighted by molar-refractivity contribution is 7.89. The fourth-order valence-electron chi connectivity index (χ4n) is 4.20. The maximum absolute atomic E-state index is 13.2. The summed E-state index contributed by atoms with van der Waals surface area (Å²) in [5, 5.41) is 0.483. The van der Waals surface area contributed by atoms with E-state index < -0.39 is 16.1 Å². The van der Waals surface area contributed by atoms with Gasteiger partial charge in [-0.3, -0.25) is 9.69 Å². The molecule has 0 saturated carbocycles. The first-order chi connectivity index (χ1) is 14.4. The lowest BCUT2D eigenvalue weighted by molar-refractivity contribution is -0.136. The fraction of sp³-hybridized carbons (Fsp3) is 0.409. The molecule has 168 valence electrons. The highest BCUT2D eigenvalue weighted by Gasteiger charge is 2.41. The SMILES string of the molecule is Cl.O=C(C1CCCN1S(=O)(=O)c1ccc(Cl)cc1)N1CCN(Cc2ccccc2)CC1. The molecule has 2 aromatic carbocycles. The standard InChI is InChI=1S/C22H26ClN3O3S.ClH/c23-19-8-10-20(11-9-19)30(28,29)26-12-4-7-21(26)22(27)25-15-13-24(14-16-25)17-18-5-2-1-3-6-18;/h1-3,5-6,8-11,21H,4,7,12-17H2;1H. The first-order valence-electron chi connectivity index (χ1n) is 10.3. The van der Waals surface area contributed by atoms with Crippen molar-refractivity contribution in [1.29, 1.82) is 0 Å². The van der Waals surface area contributed by atoms with Gasteiger partial charge in [0.2, 0.25) is 15.9 Å². The van der Waals surface area contributed by atoms with E-state index in [0.717, 1.165) is 19.6 Å². The molecule has 0 spiro atoms. The van der Waals surface area contributed by atoms with Gasteiger partial charge in [-0.15, -0.1) is 12.4 Å². The zero-order chi connectivity index (χ0) is 21.1. The van der Waals surface area contributed by atoms with E-state index in [-0.39, 0.29) is 23.2 Å². The molecule has 0 aliphatic carbocycles. The predicted molar refractivity (Wildman–Crippen MR) is 124 cm³/mol. The molecule has 0 bridgehead atoms. The van der Waals surface area contributed by atoms with Crippen LogP contribution in [0.5, 0.6) is 0 Å². The van der Waals surface area contributed by atoms with Crippen molar-refractivity contribution in [3.05, 3.63) is 65.2 Å². The number of carbonyl (C=O) groups excluding carboxylic acids is 1. The summed E-state index contributed by atoms with van der Waals surface area (Å²) in [5.74, 6) is -0.0793. The van der Waals surface area contributed by atoms with Gasteiger partial charge in [0.05, 0.1) is 4.90 Å². The molecule has 0 radical (unpaired) electrons. The summed E-state index contributed by atoms with van der Waals surface area (Å²) in [7, 11) is -3.72. The van der Waals surface area contributed by atoms with Crippen LogP contribution in [0.1, 0.15) is 18.4 Å². The zero-order valence-corrected chi connectivity index (χ0v) is 19.6. The van der Waals surface area contributed by atoms with Crippen molar-refractivity contribution in [3.8, 4) is 0 Å². The molecule has 2 fully saturated rings. The molecule has 4 rings (SSSR count). The first-order valence-corrected chi connectivity index (χ1v) is 12.1. The smallest absolute Gasteiger partial charge is 0.243 e. The van der Waals surface area contributed by atoms with E-state index in [1.807, 2.05) is 23.1 Å². The van der Waals surface area contributed by atoms with Gasteiger partial charge in [0, 0.05) is 44.3 Å². The second kappa shape index (κ2) is 10.3. The summed E-state index contributed by atoms with van der Waals surface area (Å²) in [6.07, 6.45) is 1.26. The highest BCUT2D eigenvalue weighted by Crippen LogP contribution is 2.28. The van der Waals surface area contributed by atoms with Gasteiger partial charge in [0.1, 0.15) is 6.04 Å². The number of nitrogens with zero attached hydrogens (tertiary/aromatic N) is 3. The number of halogens is 2. The Labute approximate surface area is 195 Å². The van der Waals surface area contributed by atoms with Crippen LogP contribution >= 0.6 is 24.0 Å². The molecule has 2 aliphatic heterocycles. The van der Waals surface area contributed by atoms with Gasteiger partial charge >= 0.3 is 0 Å². The molecular weight excluding hydrogens is 457 g/mol.